The Bertz CT molecular complexity index is 1240. The molecule has 0 bridgehead atoms. The summed E-state index contributed by atoms with van der Waals surface area (Å²) in [5, 5.41) is 19.7. The summed E-state index contributed by atoms with van der Waals surface area (Å²) in [5.74, 6) is 0.818. The molecule has 3 aromatic rings. The first-order valence-corrected chi connectivity index (χ1v) is 12.8. The Hall–Kier alpha value is -2.15. The number of hydrogen-bond acceptors (Lipinski definition) is 9. The van der Waals surface area contributed by atoms with Gasteiger partial charge in [0.2, 0.25) is 11.9 Å². The second-order valence-corrected chi connectivity index (χ2v) is 11.2. The number of halogens is 1. The monoisotopic (exact) mass is 503 g/mol. The minimum atomic E-state index is -0.205. The Morgan fingerprint density at radius 2 is 2.18 bits per heavy atom. The van der Waals surface area contributed by atoms with Crippen LogP contribution in [-0.2, 0) is 22.6 Å². The van der Waals surface area contributed by atoms with Crippen molar-refractivity contribution in [1.82, 2.24) is 25.5 Å². The number of thiophene rings is 1. The van der Waals surface area contributed by atoms with Gasteiger partial charge in [-0.3, -0.25) is 15.1 Å². The summed E-state index contributed by atoms with van der Waals surface area (Å²) in [6.07, 6.45) is 0.848. The van der Waals surface area contributed by atoms with Crippen molar-refractivity contribution in [3.8, 4) is 5.00 Å². The van der Waals surface area contributed by atoms with Crippen LogP contribution in [0.5, 0.6) is 0 Å². The molecule has 0 saturated carbocycles. The van der Waals surface area contributed by atoms with Gasteiger partial charge < -0.3 is 10.1 Å². The molecular weight excluding hydrogens is 482 g/mol. The molecule has 0 spiro atoms. The summed E-state index contributed by atoms with van der Waals surface area (Å²) in [5.41, 5.74) is 6.45. The van der Waals surface area contributed by atoms with Crippen molar-refractivity contribution in [2.75, 3.05) is 22.7 Å². The first-order chi connectivity index (χ1) is 15.9. The zero-order valence-corrected chi connectivity index (χ0v) is 20.4. The van der Waals surface area contributed by atoms with Crippen LogP contribution in [0.15, 0.2) is 29.4 Å². The molecule has 12 heteroatoms. The number of hydrogen-bond donors (Lipinski definition) is 3. The second-order valence-electron chi connectivity index (χ2n) is 8.72. The highest BCUT2D eigenvalue weighted by Crippen LogP contribution is 2.48. The molecule has 1 atom stereocenters. The largest absolute Gasteiger partial charge is 0.370 e. The Labute approximate surface area is 203 Å². The van der Waals surface area contributed by atoms with E-state index in [0.717, 1.165) is 17.4 Å². The number of anilines is 2. The maximum Gasteiger partial charge on any atom is 0.249 e. The minimum Gasteiger partial charge on any atom is -0.370 e. The fourth-order valence-electron chi connectivity index (χ4n) is 4.39. The van der Waals surface area contributed by atoms with Crippen LogP contribution in [0.4, 0.5) is 11.6 Å². The molecule has 1 saturated heterocycles. The number of hydrazine groups is 1. The van der Waals surface area contributed by atoms with Gasteiger partial charge in [-0.2, -0.15) is 0 Å². The Kier molecular flexibility index (Phi) is 5.16. The number of nitrogens with one attached hydrogen (secondary N) is 3. The van der Waals surface area contributed by atoms with Crippen LogP contribution in [0, 0.1) is 0 Å². The van der Waals surface area contributed by atoms with Gasteiger partial charge in [-0.15, -0.1) is 21.5 Å². The van der Waals surface area contributed by atoms with Crippen LogP contribution < -0.4 is 21.1 Å². The van der Waals surface area contributed by atoms with E-state index in [-0.39, 0.29) is 23.4 Å². The lowest BCUT2D eigenvalue weighted by molar-refractivity contribution is -0.113. The fourth-order valence-corrected chi connectivity index (χ4v) is 6.56. The Morgan fingerprint density at radius 3 is 3.00 bits per heavy atom. The van der Waals surface area contributed by atoms with E-state index in [9.17, 15) is 4.79 Å². The van der Waals surface area contributed by atoms with Crippen molar-refractivity contribution in [3.63, 3.8) is 0 Å². The molecule has 6 rings (SSSR count). The van der Waals surface area contributed by atoms with Crippen molar-refractivity contribution in [1.29, 1.82) is 0 Å². The molecule has 3 aliphatic rings. The highest BCUT2D eigenvalue weighted by Gasteiger charge is 2.43. The summed E-state index contributed by atoms with van der Waals surface area (Å²) in [6, 6.07) is 7.06. The van der Waals surface area contributed by atoms with Crippen LogP contribution >= 0.6 is 34.7 Å². The maximum atomic E-state index is 12.6. The minimum absolute atomic E-state index is 0.00310. The van der Waals surface area contributed by atoms with Crippen molar-refractivity contribution >= 4 is 52.2 Å². The number of fused-ring (bicyclic) bond motifs is 8. The summed E-state index contributed by atoms with van der Waals surface area (Å²) in [4.78, 5) is 13.8. The average molecular weight is 504 g/mol. The van der Waals surface area contributed by atoms with E-state index < -0.39 is 0 Å². The van der Waals surface area contributed by atoms with Crippen molar-refractivity contribution in [2.24, 2.45) is 0 Å². The van der Waals surface area contributed by atoms with E-state index in [1.54, 1.807) is 35.6 Å². The number of carbonyl (C=O) groups excluding carboxylic acids is 1. The molecule has 3 aliphatic heterocycles. The third-order valence-electron chi connectivity index (χ3n) is 5.88. The number of aromatic nitrogens is 3. The highest BCUT2D eigenvalue weighted by atomic mass is 35.5. The van der Waals surface area contributed by atoms with Crippen LogP contribution in [-0.4, -0.2) is 38.7 Å². The molecule has 0 radical (unpaired) electrons. The molecule has 172 valence electrons. The number of benzene rings is 1. The molecule has 3 N–H and O–H groups in total. The first-order valence-electron chi connectivity index (χ1n) is 10.6. The molecule has 1 amide bonds. The zero-order chi connectivity index (χ0) is 22.7. The third-order valence-corrected chi connectivity index (χ3v) is 8.27. The smallest absolute Gasteiger partial charge is 0.249 e. The molecule has 0 aliphatic carbocycles. The van der Waals surface area contributed by atoms with E-state index in [1.165, 1.54) is 27.8 Å². The Balaban J connectivity index is 1.30. The third kappa shape index (κ3) is 3.72. The molecular formula is C21H22ClN7O2S2. The van der Waals surface area contributed by atoms with Crippen molar-refractivity contribution in [3.05, 3.63) is 45.3 Å². The molecule has 1 unspecified atom stereocenters. The van der Waals surface area contributed by atoms with Gasteiger partial charge in [-0.25, -0.2) is 9.99 Å². The number of ether oxygens (including phenoxy) is 1. The van der Waals surface area contributed by atoms with E-state index in [0.29, 0.717) is 29.1 Å². The summed E-state index contributed by atoms with van der Waals surface area (Å²) < 4.78 is 8.13. The molecule has 2 aromatic heterocycles. The number of amides is 1. The average Bonchev–Trinajstić information content (AvgIpc) is 3.49. The van der Waals surface area contributed by atoms with Gasteiger partial charge in [0.15, 0.2) is 5.16 Å². The highest BCUT2D eigenvalue weighted by molar-refractivity contribution is 7.99. The number of carbonyl (C=O) groups is 1. The molecule has 5 heterocycles. The number of nitrogens with zero attached hydrogens (tertiary/aromatic N) is 4. The number of rotatable bonds is 4. The molecule has 1 fully saturated rings. The second kappa shape index (κ2) is 7.97. The lowest BCUT2D eigenvalue weighted by Gasteiger charge is -2.34. The summed E-state index contributed by atoms with van der Waals surface area (Å²) >= 11 is 9.01. The van der Waals surface area contributed by atoms with E-state index in [4.69, 9.17) is 16.3 Å². The molecule has 33 heavy (non-hydrogen) atoms. The van der Waals surface area contributed by atoms with Crippen LogP contribution in [0.3, 0.4) is 0 Å². The number of thioether (sulfide) groups is 1. The van der Waals surface area contributed by atoms with Crippen LogP contribution in [0.25, 0.3) is 5.00 Å². The molecule has 1 aromatic carbocycles. The van der Waals surface area contributed by atoms with E-state index in [2.05, 4.69) is 44.7 Å². The van der Waals surface area contributed by atoms with Gasteiger partial charge in [-0.1, -0.05) is 23.4 Å². The van der Waals surface area contributed by atoms with Gasteiger partial charge in [0, 0.05) is 27.6 Å². The van der Waals surface area contributed by atoms with E-state index in [1.807, 2.05) is 5.01 Å². The normalized spacial score (nSPS) is 20.1. The molecule has 9 nitrogen and oxygen atoms in total. The lowest BCUT2D eigenvalue weighted by atomic mass is 9.92. The van der Waals surface area contributed by atoms with Crippen molar-refractivity contribution < 1.29 is 9.53 Å². The van der Waals surface area contributed by atoms with Crippen LogP contribution in [0.2, 0.25) is 5.02 Å². The SMILES string of the molecule is CC1(C)Cc2c(sc3c2C2NCNN2c2nnc(SCC(=O)Nc4ccc(Cl)cc4)n2-3)CO1. The van der Waals surface area contributed by atoms with Gasteiger partial charge in [-0.05, 0) is 43.7 Å². The topological polar surface area (TPSA) is 96.3 Å². The standard InChI is InChI=1S/C21H22ClN7O2S2/c1-21(2)7-13-14(8-31-21)33-18-16(13)17-23-10-24-29(17)19-26-27-20(28(18)19)32-9-15(30)25-12-5-3-11(22)4-6-12/h3-6,17,23-24H,7-10H2,1-2H3,(H,25,30). The predicted octanol–water partition coefficient (Wildman–Crippen LogP) is 3.45. The Morgan fingerprint density at radius 1 is 1.36 bits per heavy atom. The van der Waals surface area contributed by atoms with E-state index >= 15 is 0 Å². The van der Waals surface area contributed by atoms with Crippen molar-refractivity contribution in [2.45, 2.75) is 43.8 Å². The predicted molar refractivity (Wildman–Crippen MR) is 129 cm³/mol. The fraction of sp³-hybridized carbons (Fsp3) is 0.381. The maximum absolute atomic E-state index is 12.6. The van der Waals surface area contributed by atoms with Crippen LogP contribution in [0.1, 0.15) is 36.0 Å². The zero-order valence-electron chi connectivity index (χ0n) is 18.0. The summed E-state index contributed by atoms with van der Waals surface area (Å²) in [6.45, 7) is 5.51. The van der Waals surface area contributed by atoms with Gasteiger partial charge >= 0.3 is 0 Å². The summed E-state index contributed by atoms with van der Waals surface area (Å²) in [7, 11) is 0. The van der Waals surface area contributed by atoms with Gasteiger partial charge in [0.05, 0.1) is 24.6 Å². The van der Waals surface area contributed by atoms with Gasteiger partial charge in [0.25, 0.3) is 0 Å². The van der Waals surface area contributed by atoms with Gasteiger partial charge in [0.1, 0.15) is 11.2 Å². The first kappa shape index (κ1) is 21.4. The quantitative estimate of drug-likeness (QED) is 0.466. The lowest BCUT2D eigenvalue weighted by Crippen LogP contribution is -2.40.